The van der Waals surface area contributed by atoms with Crippen LogP contribution in [0.15, 0.2) is 6.07 Å². The van der Waals surface area contributed by atoms with Crippen LogP contribution in [-0.4, -0.2) is 4.98 Å². The summed E-state index contributed by atoms with van der Waals surface area (Å²) in [5.41, 5.74) is 7.28. The van der Waals surface area contributed by atoms with E-state index in [9.17, 15) is 0 Å². The van der Waals surface area contributed by atoms with E-state index < -0.39 is 0 Å². The Morgan fingerprint density at radius 1 is 0.875 bits per heavy atom. The van der Waals surface area contributed by atoms with Crippen LogP contribution in [-0.2, 0) is 0 Å². The monoisotopic (exact) mass is 233 g/mol. The maximum Gasteiger partial charge on any atom is 0.132 e. The van der Waals surface area contributed by atoms with E-state index >= 15 is 0 Å². The Labute approximate surface area is 101 Å². The molecule has 0 spiro atoms. The molecule has 2 aromatic rings. The first-order chi connectivity index (χ1) is 7.43. The molecule has 84 valence electrons. The summed E-state index contributed by atoms with van der Waals surface area (Å²) < 4.78 is 0. The van der Waals surface area contributed by atoms with Gasteiger partial charge in [0.1, 0.15) is 5.15 Å². The van der Waals surface area contributed by atoms with Crippen molar-refractivity contribution >= 4 is 22.5 Å². The molecule has 0 aliphatic rings. The third-order valence-corrected chi connectivity index (χ3v) is 3.97. The summed E-state index contributed by atoms with van der Waals surface area (Å²) in [4.78, 5) is 4.46. The van der Waals surface area contributed by atoms with Crippen LogP contribution in [0.2, 0.25) is 5.15 Å². The van der Waals surface area contributed by atoms with Crippen LogP contribution in [0.4, 0.5) is 0 Å². The number of hydrogen-bond donors (Lipinski definition) is 0. The third kappa shape index (κ3) is 1.51. The summed E-state index contributed by atoms with van der Waals surface area (Å²) >= 11 is 6.13. The lowest BCUT2D eigenvalue weighted by Crippen LogP contribution is -1.96. The molecule has 1 aromatic heterocycles. The van der Waals surface area contributed by atoms with E-state index in [0.29, 0.717) is 5.15 Å². The summed E-state index contributed by atoms with van der Waals surface area (Å²) in [5.74, 6) is 0. The van der Waals surface area contributed by atoms with E-state index in [2.05, 4.69) is 38.7 Å². The van der Waals surface area contributed by atoms with Crippen LogP contribution in [0.5, 0.6) is 0 Å². The van der Waals surface area contributed by atoms with Gasteiger partial charge in [-0.05, 0) is 68.5 Å². The van der Waals surface area contributed by atoms with Gasteiger partial charge in [-0.1, -0.05) is 11.6 Å². The number of rotatable bonds is 0. The maximum atomic E-state index is 6.13. The van der Waals surface area contributed by atoms with Gasteiger partial charge in [-0.2, -0.15) is 0 Å². The lowest BCUT2D eigenvalue weighted by molar-refractivity contribution is 1.23. The first-order valence-electron chi connectivity index (χ1n) is 5.46. The Balaban J connectivity index is 3.03. The number of benzene rings is 1. The van der Waals surface area contributed by atoms with Crippen LogP contribution in [0.1, 0.15) is 27.8 Å². The van der Waals surface area contributed by atoms with Gasteiger partial charge in [0.15, 0.2) is 0 Å². The second kappa shape index (κ2) is 3.74. The Kier molecular flexibility index (Phi) is 2.67. The smallest absolute Gasteiger partial charge is 0.132 e. The molecule has 0 atom stereocenters. The quantitative estimate of drug-likeness (QED) is 0.614. The SMILES string of the molecule is Cc1cc2nc(Cl)c(C)c(C)c2c(C)c1C. The average molecular weight is 234 g/mol. The fraction of sp³-hybridized carbons (Fsp3) is 0.357. The van der Waals surface area contributed by atoms with E-state index in [-0.39, 0.29) is 0 Å². The highest BCUT2D eigenvalue weighted by molar-refractivity contribution is 6.30. The zero-order valence-electron chi connectivity index (χ0n) is 10.4. The molecule has 0 fully saturated rings. The number of hydrogen-bond acceptors (Lipinski definition) is 1. The minimum Gasteiger partial charge on any atom is -0.236 e. The highest BCUT2D eigenvalue weighted by Gasteiger charge is 2.11. The van der Waals surface area contributed by atoms with Gasteiger partial charge >= 0.3 is 0 Å². The number of nitrogens with zero attached hydrogens (tertiary/aromatic N) is 1. The van der Waals surface area contributed by atoms with Crippen molar-refractivity contribution in [3.63, 3.8) is 0 Å². The topological polar surface area (TPSA) is 12.9 Å². The predicted octanol–water partition coefficient (Wildman–Crippen LogP) is 4.43. The fourth-order valence-corrected chi connectivity index (χ4v) is 2.39. The highest BCUT2D eigenvalue weighted by Crippen LogP contribution is 2.30. The molecule has 0 aliphatic carbocycles. The lowest BCUT2D eigenvalue weighted by Gasteiger charge is -2.13. The number of fused-ring (bicyclic) bond motifs is 1. The van der Waals surface area contributed by atoms with Gasteiger partial charge in [0.2, 0.25) is 0 Å². The van der Waals surface area contributed by atoms with E-state index in [1.807, 2.05) is 6.92 Å². The summed E-state index contributed by atoms with van der Waals surface area (Å²) in [6.07, 6.45) is 0. The molecule has 1 heterocycles. The van der Waals surface area contributed by atoms with Crippen molar-refractivity contribution in [3.05, 3.63) is 39.0 Å². The number of pyridine rings is 1. The summed E-state index contributed by atoms with van der Waals surface area (Å²) in [7, 11) is 0. The van der Waals surface area contributed by atoms with Gasteiger partial charge in [-0.3, -0.25) is 0 Å². The first kappa shape index (κ1) is 11.4. The van der Waals surface area contributed by atoms with Crippen LogP contribution < -0.4 is 0 Å². The van der Waals surface area contributed by atoms with Gasteiger partial charge < -0.3 is 0 Å². The summed E-state index contributed by atoms with van der Waals surface area (Å²) in [6.45, 7) is 10.6. The van der Waals surface area contributed by atoms with Crippen molar-refractivity contribution in [2.75, 3.05) is 0 Å². The van der Waals surface area contributed by atoms with Gasteiger partial charge in [0, 0.05) is 5.39 Å². The second-order valence-corrected chi connectivity index (χ2v) is 4.85. The number of aromatic nitrogens is 1. The lowest BCUT2D eigenvalue weighted by atomic mass is 9.95. The second-order valence-electron chi connectivity index (χ2n) is 4.49. The zero-order chi connectivity index (χ0) is 12.0. The van der Waals surface area contributed by atoms with Crippen LogP contribution in [0.25, 0.3) is 10.9 Å². The van der Waals surface area contributed by atoms with E-state index in [1.54, 1.807) is 0 Å². The van der Waals surface area contributed by atoms with Gasteiger partial charge in [0.05, 0.1) is 5.52 Å². The molecule has 0 bridgehead atoms. The predicted molar refractivity (Wildman–Crippen MR) is 70.4 cm³/mol. The summed E-state index contributed by atoms with van der Waals surface area (Å²) in [6, 6.07) is 2.12. The first-order valence-corrected chi connectivity index (χ1v) is 5.84. The van der Waals surface area contributed by atoms with E-state index in [4.69, 9.17) is 11.6 Å². The average Bonchev–Trinajstić information content (AvgIpc) is 2.23. The molecule has 1 aromatic carbocycles. The molecule has 0 aliphatic heterocycles. The Morgan fingerprint density at radius 2 is 1.44 bits per heavy atom. The van der Waals surface area contributed by atoms with Gasteiger partial charge in [-0.15, -0.1) is 0 Å². The van der Waals surface area contributed by atoms with Crippen molar-refractivity contribution in [3.8, 4) is 0 Å². The minimum atomic E-state index is 0.618. The Bertz CT molecular complexity index is 537. The molecule has 2 heteroatoms. The molecule has 0 unspecified atom stereocenters. The maximum absolute atomic E-state index is 6.13. The largest absolute Gasteiger partial charge is 0.236 e. The standard InChI is InChI=1S/C14H16ClN/c1-7-6-12-13(9(3)8(7)2)10(4)11(5)14(15)16-12/h6H,1-5H3. The zero-order valence-corrected chi connectivity index (χ0v) is 11.2. The molecule has 16 heavy (non-hydrogen) atoms. The van der Waals surface area contributed by atoms with E-state index in [1.165, 1.54) is 27.6 Å². The van der Waals surface area contributed by atoms with Gasteiger partial charge in [0.25, 0.3) is 0 Å². The highest BCUT2D eigenvalue weighted by atomic mass is 35.5. The normalized spacial score (nSPS) is 11.1. The molecule has 0 saturated carbocycles. The third-order valence-electron chi connectivity index (χ3n) is 3.60. The molecule has 2 rings (SSSR count). The molecule has 1 nitrogen and oxygen atoms in total. The molecule has 0 amide bonds. The molecule has 0 saturated heterocycles. The molecular weight excluding hydrogens is 218 g/mol. The van der Waals surface area contributed by atoms with E-state index in [0.717, 1.165) is 11.1 Å². The molecule has 0 N–H and O–H groups in total. The molecule has 0 radical (unpaired) electrons. The number of aryl methyl sites for hydroxylation is 3. The van der Waals surface area contributed by atoms with Crippen LogP contribution >= 0.6 is 11.6 Å². The van der Waals surface area contributed by atoms with Crippen molar-refractivity contribution in [2.24, 2.45) is 0 Å². The molecular formula is C14H16ClN. The van der Waals surface area contributed by atoms with Crippen molar-refractivity contribution in [2.45, 2.75) is 34.6 Å². The minimum absolute atomic E-state index is 0.618. The van der Waals surface area contributed by atoms with Crippen molar-refractivity contribution in [1.82, 2.24) is 4.98 Å². The van der Waals surface area contributed by atoms with Crippen molar-refractivity contribution < 1.29 is 0 Å². The van der Waals surface area contributed by atoms with Crippen LogP contribution in [0.3, 0.4) is 0 Å². The van der Waals surface area contributed by atoms with Crippen LogP contribution in [0, 0.1) is 34.6 Å². The Hall–Kier alpha value is -1.08. The van der Waals surface area contributed by atoms with Gasteiger partial charge in [-0.25, -0.2) is 4.98 Å². The fourth-order valence-electron chi connectivity index (χ4n) is 2.15. The summed E-state index contributed by atoms with van der Waals surface area (Å²) in [5, 5.41) is 1.87. The Morgan fingerprint density at radius 3 is 2.06 bits per heavy atom. The van der Waals surface area contributed by atoms with Crippen molar-refractivity contribution in [1.29, 1.82) is 0 Å². The number of halogens is 1.